The van der Waals surface area contributed by atoms with E-state index in [0.717, 1.165) is 48.7 Å². The highest BCUT2D eigenvalue weighted by atomic mass is 16.4. The molecule has 0 aliphatic heterocycles. The molecule has 0 amide bonds. The van der Waals surface area contributed by atoms with E-state index in [0.29, 0.717) is 11.1 Å². The SMILES string of the molecule is CCN(CC)C(=C1CC(C(=O)O)CC(=C(c2ccccc2)N(CC)CC)C1=O)c1ccccc1. The number of hydrogen-bond acceptors (Lipinski definition) is 4. The number of benzene rings is 2. The highest BCUT2D eigenvalue weighted by Crippen LogP contribution is 2.40. The van der Waals surface area contributed by atoms with Crippen molar-refractivity contribution in [2.75, 3.05) is 26.2 Å². The predicted molar refractivity (Wildman–Crippen MR) is 138 cm³/mol. The molecule has 5 nitrogen and oxygen atoms in total. The summed E-state index contributed by atoms with van der Waals surface area (Å²) in [5.74, 6) is -1.54. The van der Waals surface area contributed by atoms with E-state index in [4.69, 9.17) is 0 Å². The highest BCUT2D eigenvalue weighted by Gasteiger charge is 2.37. The summed E-state index contributed by atoms with van der Waals surface area (Å²) in [5, 5.41) is 10.1. The summed E-state index contributed by atoms with van der Waals surface area (Å²) >= 11 is 0. The van der Waals surface area contributed by atoms with E-state index in [9.17, 15) is 14.7 Å². The molecule has 180 valence electrons. The van der Waals surface area contributed by atoms with Gasteiger partial charge in [0.25, 0.3) is 0 Å². The Kier molecular flexibility index (Phi) is 8.69. The number of rotatable bonds is 9. The molecule has 0 bridgehead atoms. The minimum atomic E-state index is -0.860. The monoisotopic (exact) mass is 460 g/mol. The predicted octanol–water partition coefficient (Wildman–Crippen LogP) is 5.56. The van der Waals surface area contributed by atoms with E-state index in [-0.39, 0.29) is 18.6 Å². The standard InChI is InChI=1S/C29H36N2O3/c1-5-30(6-2)26(21-15-11-9-12-16-21)24-19-23(29(33)34)20-25(28(24)32)27(31(7-3)8-4)22-17-13-10-14-18-22/h9-18,23H,5-8,19-20H2,1-4H3,(H,33,34). The van der Waals surface area contributed by atoms with Gasteiger partial charge in [-0.2, -0.15) is 0 Å². The number of allylic oxidation sites excluding steroid dienone is 2. The van der Waals surface area contributed by atoms with E-state index < -0.39 is 11.9 Å². The fourth-order valence-corrected chi connectivity index (χ4v) is 4.88. The molecule has 3 rings (SSSR count). The van der Waals surface area contributed by atoms with Crippen molar-refractivity contribution in [1.82, 2.24) is 9.80 Å². The average molecular weight is 461 g/mol. The van der Waals surface area contributed by atoms with Gasteiger partial charge in [0.2, 0.25) is 0 Å². The second-order valence-electron chi connectivity index (χ2n) is 8.50. The third kappa shape index (κ3) is 5.24. The largest absolute Gasteiger partial charge is 0.481 e. The minimum absolute atomic E-state index is 0.0333. The molecule has 0 radical (unpaired) electrons. The molecule has 5 heteroatoms. The quantitative estimate of drug-likeness (QED) is 0.497. The van der Waals surface area contributed by atoms with Crippen molar-refractivity contribution in [3.63, 3.8) is 0 Å². The van der Waals surface area contributed by atoms with Gasteiger partial charge in [-0.05, 0) is 51.7 Å². The average Bonchev–Trinajstić information content (AvgIpc) is 2.87. The van der Waals surface area contributed by atoms with Crippen molar-refractivity contribution in [3.05, 3.63) is 82.9 Å². The van der Waals surface area contributed by atoms with Gasteiger partial charge in [0.15, 0.2) is 5.78 Å². The molecule has 1 N–H and O–H groups in total. The number of aliphatic carboxylic acids is 1. The van der Waals surface area contributed by atoms with Gasteiger partial charge < -0.3 is 14.9 Å². The van der Waals surface area contributed by atoms with Crippen LogP contribution in [0.5, 0.6) is 0 Å². The number of carbonyl (C=O) groups is 2. The lowest BCUT2D eigenvalue weighted by atomic mass is 9.77. The third-order valence-electron chi connectivity index (χ3n) is 6.62. The Hall–Kier alpha value is -3.34. The molecule has 1 fully saturated rings. The third-order valence-corrected chi connectivity index (χ3v) is 6.62. The maximum absolute atomic E-state index is 14.2. The normalized spacial score (nSPS) is 18.9. The number of hydrogen-bond donors (Lipinski definition) is 1. The van der Waals surface area contributed by atoms with Crippen LogP contribution in [0.3, 0.4) is 0 Å². The first-order valence-electron chi connectivity index (χ1n) is 12.3. The second-order valence-corrected chi connectivity index (χ2v) is 8.50. The van der Waals surface area contributed by atoms with Crippen molar-refractivity contribution in [3.8, 4) is 0 Å². The highest BCUT2D eigenvalue weighted by molar-refractivity contribution is 6.17. The van der Waals surface area contributed by atoms with Gasteiger partial charge in [0, 0.05) is 37.3 Å². The molecule has 1 aliphatic carbocycles. The molecular weight excluding hydrogens is 424 g/mol. The smallest absolute Gasteiger partial charge is 0.307 e. The van der Waals surface area contributed by atoms with Crippen molar-refractivity contribution in [2.24, 2.45) is 5.92 Å². The van der Waals surface area contributed by atoms with Gasteiger partial charge in [-0.1, -0.05) is 60.7 Å². The summed E-state index contributed by atoms with van der Waals surface area (Å²) in [6.07, 6.45) is 0.470. The molecule has 0 unspecified atom stereocenters. The molecule has 2 aromatic carbocycles. The van der Waals surface area contributed by atoms with Crippen LogP contribution in [0.15, 0.2) is 71.8 Å². The van der Waals surface area contributed by atoms with Crippen LogP contribution in [0.2, 0.25) is 0 Å². The fraction of sp³-hybridized carbons (Fsp3) is 0.379. The van der Waals surface area contributed by atoms with Gasteiger partial charge in [0.1, 0.15) is 0 Å². The van der Waals surface area contributed by atoms with Crippen molar-refractivity contribution in [1.29, 1.82) is 0 Å². The van der Waals surface area contributed by atoms with Crippen LogP contribution in [0.25, 0.3) is 11.4 Å². The summed E-state index contributed by atoms with van der Waals surface area (Å²) in [7, 11) is 0. The minimum Gasteiger partial charge on any atom is -0.481 e. The van der Waals surface area contributed by atoms with Crippen LogP contribution >= 0.6 is 0 Å². The Balaban J connectivity index is 2.35. The van der Waals surface area contributed by atoms with Gasteiger partial charge >= 0.3 is 5.97 Å². The maximum atomic E-state index is 14.2. The summed E-state index contributed by atoms with van der Waals surface area (Å²) in [6.45, 7) is 11.2. The Morgan fingerprint density at radius 3 is 1.38 bits per heavy atom. The van der Waals surface area contributed by atoms with E-state index in [1.807, 2.05) is 60.7 Å². The summed E-state index contributed by atoms with van der Waals surface area (Å²) < 4.78 is 0. The zero-order chi connectivity index (χ0) is 24.7. The molecule has 1 saturated carbocycles. The molecule has 1 aliphatic rings. The number of carboxylic acids is 1. The number of carboxylic acid groups (broad SMARTS) is 1. The molecule has 0 aromatic heterocycles. The summed E-state index contributed by atoms with van der Waals surface area (Å²) in [6, 6.07) is 19.8. The zero-order valence-corrected chi connectivity index (χ0v) is 20.8. The Morgan fingerprint density at radius 1 is 0.735 bits per heavy atom. The fourth-order valence-electron chi connectivity index (χ4n) is 4.88. The van der Waals surface area contributed by atoms with Crippen LogP contribution in [-0.4, -0.2) is 52.8 Å². The lowest BCUT2D eigenvalue weighted by Gasteiger charge is -2.34. The van der Waals surface area contributed by atoms with Crippen LogP contribution in [0.4, 0.5) is 0 Å². The number of ketones is 1. The lowest BCUT2D eigenvalue weighted by Crippen LogP contribution is -2.33. The first kappa shape index (κ1) is 25.3. The van der Waals surface area contributed by atoms with E-state index in [2.05, 4.69) is 37.5 Å². The molecule has 0 spiro atoms. The van der Waals surface area contributed by atoms with Crippen LogP contribution in [-0.2, 0) is 9.59 Å². The lowest BCUT2D eigenvalue weighted by molar-refractivity contribution is -0.142. The van der Waals surface area contributed by atoms with Crippen LogP contribution in [0.1, 0.15) is 51.7 Å². The summed E-state index contributed by atoms with van der Waals surface area (Å²) in [5.41, 5.74) is 4.80. The van der Waals surface area contributed by atoms with Gasteiger partial charge in [-0.15, -0.1) is 0 Å². The zero-order valence-electron chi connectivity index (χ0n) is 20.8. The van der Waals surface area contributed by atoms with E-state index in [1.165, 1.54) is 0 Å². The Morgan fingerprint density at radius 2 is 1.09 bits per heavy atom. The molecule has 2 aromatic rings. The Bertz CT molecular complexity index is 972. The number of nitrogens with zero attached hydrogens (tertiary/aromatic N) is 2. The van der Waals surface area contributed by atoms with Gasteiger partial charge in [-0.3, -0.25) is 9.59 Å². The Labute approximate surface area is 203 Å². The van der Waals surface area contributed by atoms with Crippen molar-refractivity contribution in [2.45, 2.75) is 40.5 Å². The van der Waals surface area contributed by atoms with Crippen LogP contribution < -0.4 is 0 Å². The van der Waals surface area contributed by atoms with Crippen molar-refractivity contribution < 1.29 is 14.7 Å². The van der Waals surface area contributed by atoms with E-state index >= 15 is 0 Å². The molecule has 0 heterocycles. The molecule has 0 saturated heterocycles. The molecule has 0 atom stereocenters. The summed E-state index contributed by atoms with van der Waals surface area (Å²) in [4.78, 5) is 30.9. The first-order valence-corrected chi connectivity index (χ1v) is 12.3. The molecular formula is C29H36N2O3. The van der Waals surface area contributed by atoms with E-state index in [1.54, 1.807) is 0 Å². The number of carbonyl (C=O) groups excluding carboxylic acids is 1. The van der Waals surface area contributed by atoms with Crippen molar-refractivity contribution >= 4 is 23.1 Å². The second kappa shape index (κ2) is 11.7. The maximum Gasteiger partial charge on any atom is 0.307 e. The topological polar surface area (TPSA) is 60.9 Å². The van der Waals surface area contributed by atoms with Gasteiger partial charge in [-0.25, -0.2) is 0 Å². The van der Waals surface area contributed by atoms with Crippen LogP contribution in [0, 0.1) is 5.92 Å². The number of Topliss-reactive ketones (excluding diaryl/α,β-unsaturated/α-hetero) is 1. The van der Waals surface area contributed by atoms with Gasteiger partial charge in [0.05, 0.1) is 17.3 Å². The molecule has 34 heavy (non-hydrogen) atoms. The first-order chi connectivity index (χ1) is 16.5.